The second-order valence-electron chi connectivity index (χ2n) is 7.64. The molecule has 31 heavy (non-hydrogen) atoms. The summed E-state index contributed by atoms with van der Waals surface area (Å²) in [5.41, 5.74) is 1.92. The maximum Gasteiger partial charge on any atom is 0.234 e. The number of nitrogens with one attached hydrogen (secondary N) is 1. The van der Waals surface area contributed by atoms with Crippen LogP contribution >= 0.6 is 11.8 Å². The van der Waals surface area contributed by atoms with Crippen LogP contribution in [0.15, 0.2) is 52.2 Å². The van der Waals surface area contributed by atoms with Crippen LogP contribution in [-0.2, 0) is 16.1 Å². The molecule has 164 valence electrons. The van der Waals surface area contributed by atoms with Crippen LogP contribution in [-0.4, -0.2) is 52.7 Å². The summed E-state index contributed by atoms with van der Waals surface area (Å²) in [6, 6.07) is 11.7. The number of carbonyl (C=O) groups excluding carboxylic acids is 1. The zero-order valence-electron chi connectivity index (χ0n) is 17.8. The van der Waals surface area contributed by atoms with Crippen LogP contribution in [0.25, 0.3) is 0 Å². The molecule has 1 saturated heterocycles. The van der Waals surface area contributed by atoms with Crippen molar-refractivity contribution in [2.24, 2.45) is 0 Å². The highest BCUT2D eigenvalue weighted by Crippen LogP contribution is 2.24. The first-order valence-electron chi connectivity index (χ1n) is 10.4. The fourth-order valence-corrected chi connectivity index (χ4v) is 4.19. The number of nitrogens with zero attached hydrogens (tertiary/aromatic N) is 4. The number of furan rings is 1. The quantitative estimate of drug-likeness (QED) is 0.535. The SMILES string of the molecule is CC(C)c1nnc(SCC(=O)Nc2ccc(N3CCOCC3)cc2)n1Cc1ccco1. The van der Waals surface area contributed by atoms with Crippen molar-refractivity contribution in [3.05, 3.63) is 54.2 Å². The molecule has 1 N–H and O–H groups in total. The Kier molecular flexibility index (Phi) is 6.93. The molecule has 0 saturated carbocycles. The van der Waals surface area contributed by atoms with Gasteiger partial charge in [0.05, 0.1) is 31.8 Å². The minimum absolute atomic E-state index is 0.0808. The lowest BCUT2D eigenvalue weighted by Gasteiger charge is -2.28. The van der Waals surface area contributed by atoms with E-state index in [4.69, 9.17) is 9.15 Å². The van der Waals surface area contributed by atoms with E-state index in [1.807, 2.05) is 41.0 Å². The number of carbonyl (C=O) groups is 1. The van der Waals surface area contributed by atoms with Crippen LogP contribution in [0.4, 0.5) is 11.4 Å². The highest BCUT2D eigenvalue weighted by atomic mass is 32.2. The smallest absolute Gasteiger partial charge is 0.234 e. The van der Waals surface area contributed by atoms with Gasteiger partial charge < -0.3 is 19.4 Å². The summed E-state index contributed by atoms with van der Waals surface area (Å²) in [6.45, 7) is 7.96. The van der Waals surface area contributed by atoms with Crippen molar-refractivity contribution in [3.8, 4) is 0 Å². The Morgan fingerprint density at radius 3 is 2.61 bits per heavy atom. The molecular weight excluding hydrogens is 414 g/mol. The van der Waals surface area contributed by atoms with E-state index >= 15 is 0 Å². The van der Waals surface area contributed by atoms with Crippen molar-refractivity contribution in [1.29, 1.82) is 0 Å². The van der Waals surface area contributed by atoms with E-state index in [0.717, 1.165) is 49.3 Å². The van der Waals surface area contributed by atoms with Crippen LogP contribution in [0.5, 0.6) is 0 Å². The average molecular weight is 442 g/mol. The Hall–Kier alpha value is -2.78. The monoisotopic (exact) mass is 441 g/mol. The lowest BCUT2D eigenvalue weighted by Crippen LogP contribution is -2.36. The highest BCUT2D eigenvalue weighted by molar-refractivity contribution is 7.99. The van der Waals surface area contributed by atoms with E-state index in [9.17, 15) is 4.79 Å². The van der Waals surface area contributed by atoms with Crippen LogP contribution in [0.3, 0.4) is 0 Å². The second kappa shape index (κ2) is 10.0. The van der Waals surface area contributed by atoms with Crippen LogP contribution < -0.4 is 10.2 Å². The van der Waals surface area contributed by atoms with Gasteiger partial charge in [0.15, 0.2) is 5.16 Å². The number of amides is 1. The van der Waals surface area contributed by atoms with E-state index in [0.29, 0.717) is 11.7 Å². The molecular formula is C22H27N5O3S. The van der Waals surface area contributed by atoms with Gasteiger partial charge in [-0.05, 0) is 36.4 Å². The van der Waals surface area contributed by atoms with Crippen LogP contribution in [0, 0.1) is 0 Å². The number of morpholine rings is 1. The van der Waals surface area contributed by atoms with Crippen LogP contribution in [0.1, 0.15) is 31.4 Å². The maximum absolute atomic E-state index is 12.5. The first-order chi connectivity index (χ1) is 15.1. The summed E-state index contributed by atoms with van der Waals surface area (Å²) in [5, 5.41) is 12.3. The van der Waals surface area contributed by atoms with Gasteiger partial charge in [-0.2, -0.15) is 0 Å². The van der Waals surface area contributed by atoms with E-state index in [-0.39, 0.29) is 17.6 Å². The fraction of sp³-hybridized carbons (Fsp3) is 0.409. The number of thioether (sulfide) groups is 1. The number of benzene rings is 1. The Morgan fingerprint density at radius 1 is 1.16 bits per heavy atom. The lowest BCUT2D eigenvalue weighted by atomic mass is 10.2. The molecule has 0 spiro atoms. The van der Waals surface area contributed by atoms with E-state index in [1.165, 1.54) is 11.8 Å². The van der Waals surface area contributed by atoms with Crippen molar-refractivity contribution in [3.63, 3.8) is 0 Å². The van der Waals surface area contributed by atoms with Gasteiger partial charge in [0.25, 0.3) is 0 Å². The number of ether oxygens (including phenoxy) is 1. The third-order valence-corrected chi connectivity index (χ3v) is 5.98. The Bertz CT molecular complexity index is 979. The normalized spacial score (nSPS) is 14.2. The third kappa shape index (κ3) is 5.48. The molecule has 0 bridgehead atoms. The number of rotatable bonds is 8. The Labute approximate surface area is 186 Å². The van der Waals surface area contributed by atoms with Crippen molar-refractivity contribution in [2.45, 2.75) is 31.5 Å². The van der Waals surface area contributed by atoms with Crippen molar-refractivity contribution >= 4 is 29.0 Å². The minimum Gasteiger partial charge on any atom is -0.467 e. The van der Waals surface area contributed by atoms with E-state index in [1.54, 1.807) is 6.26 Å². The number of hydrogen-bond acceptors (Lipinski definition) is 7. The molecule has 9 heteroatoms. The molecule has 1 fully saturated rings. The summed E-state index contributed by atoms with van der Waals surface area (Å²) >= 11 is 1.37. The maximum atomic E-state index is 12.5. The molecule has 0 aliphatic carbocycles. The molecule has 1 amide bonds. The molecule has 1 aliphatic heterocycles. The summed E-state index contributed by atoms with van der Waals surface area (Å²) in [7, 11) is 0. The molecule has 2 aromatic heterocycles. The van der Waals surface area contributed by atoms with Gasteiger partial charge in [-0.25, -0.2) is 0 Å². The molecule has 0 unspecified atom stereocenters. The molecule has 3 heterocycles. The molecule has 0 atom stereocenters. The first-order valence-corrected chi connectivity index (χ1v) is 11.4. The van der Waals surface area contributed by atoms with Gasteiger partial charge in [0.1, 0.15) is 11.6 Å². The zero-order chi connectivity index (χ0) is 21.6. The van der Waals surface area contributed by atoms with Gasteiger partial charge in [-0.1, -0.05) is 25.6 Å². The van der Waals surface area contributed by atoms with Gasteiger partial charge in [-0.15, -0.1) is 10.2 Å². The zero-order valence-corrected chi connectivity index (χ0v) is 18.6. The molecule has 1 aromatic carbocycles. The molecule has 3 aromatic rings. The van der Waals surface area contributed by atoms with Crippen molar-refractivity contribution in [2.75, 3.05) is 42.3 Å². The lowest BCUT2D eigenvalue weighted by molar-refractivity contribution is -0.113. The molecule has 4 rings (SSSR count). The molecule has 1 aliphatic rings. The third-order valence-electron chi connectivity index (χ3n) is 5.02. The summed E-state index contributed by atoms with van der Waals surface area (Å²) in [5.74, 6) is 2.09. The number of hydrogen-bond donors (Lipinski definition) is 1. The number of anilines is 2. The topological polar surface area (TPSA) is 85.4 Å². The van der Waals surface area contributed by atoms with E-state index in [2.05, 4.69) is 34.3 Å². The summed E-state index contributed by atoms with van der Waals surface area (Å²) < 4.78 is 12.9. The van der Waals surface area contributed by atoms with Crippen LogP contribution in [0.2, 0.25) is 0 Å². The molecule has 0 radical (unpaired) electrons. The minimum atomic E-state index is -0.0808. The van der Waals surface area contributed by atoms with Gasteiger partial charge in [-0.3, -0.25) is 9.36 Å². The highest BCUT2D eigenvalue weighted by Gasteiger charge is 2.18. The Balaban J connectivity index is 1.35. The predicted molar refractivity (Wildman–Crippen MR) is 121 cm³/mol. The van der Waals surface area contributed by atoms with Gasteiger partial charge in [0.2, 0.25) is 5.91 Å². The average Bonchev–Trinajstić information content (AvgIpc) is 3.44. The van der Waals surface area contributed by atoms with Crippen molar-refractivity contribution in [1.82, 2.24) is 14.8 Å². The van der Waals surface area contributed by atoms with Gasteiger partial charge in [0, 0.05) is 30.4 Å². The summed E-state index contributed by atoms with van der Waals surface area (Å²) in [4.78, 5) is 14.8. The molecule has 8 nitrogen and oxygen atoms in total. The second-order valence-corrected chi connectivity index (χ2v) is 8.59. The Morgan fingerprint density at radius 2 is 1.94 bits per heavy atom. The predicted octanol–water partition coefficient (Wildman–Crippen LogP) is 3.61. The van der Waals surface area contributed by atoms with E-state index < -0.39 is 0 Å². The largest absolute Gasteiger partial charge is 0.467 e. The van der Waals surface area contributed by atoms with Gasteiger partial charge >= 0.3 is 0 Å². The number of aromatic nitrogens is 3. The standard InChI is InChI=1S/C22H27N5O3S/c1-16(2)21-24-25-22(27(21)14-19-4-3-11-30-19)31-15-20(28)23-17-5-7-18(8-6-17)26-9-12-29-13-10-26/h3-8,11,16H,9-10,12-15H2,1-2H3,(H,23,28). The fourth-order valence-electron chi connectivity index (χ4n) is 3.45. The summed E-state index contributed by atoms with van der Waals surface area (Å²) in [6.07, 6.45) is 1.65. The van der Waals surface area contributed by atoms with Crippen molar-refractivity contribution < 1.29 is 13.9 Å². The first kappa shape index (κ1) is 21.5.